The van der Waals surface area contributed by atoms with Gasteiger partial charge in [0.25, 0.3) is 0 Å². The largest absolute Gasteiger partial charge is 1.00 e. The summed E-state index contributed by atoms with van der Waals surface area (Å²) >= 11 is -0.865. The molecule has 0 N–H and O–H groups in total. The van der Waals surface area contributed by atoms with Crippen molar-refractivity contribution >= 4 is 22.7 Å². The first-order chi connectivity index (χ1) is 14.0. The van der Waals surface area contributed by atoms with Crippen molar-refractivity contribution in [2.24, 2.45) is 5.92 Å². The average Bonchev–Trinajstić information content (AvgIpc) is 3.30. The Morgan fingerprint density at radius 3 is 2.23 bits per heavy atom. The molecule has 158 valence electrons. The van der Waals surface area contributed by atoms with Crippen LogP contribution in [0.4, 0.5) is 0 Å². The molecule has 0 saturated carbocycles. The van der Waals surface area contributed by atoms with Gasteiger partial charge in [0.2, 0.25) is 0 Å². The first-order valence-electron chi connectivity index (χ1n) is 10.5. The van der Waals surface area contributed by atoms with Gasteiger partial charge in [0, 0.05) is 0 Å². The van der Waals surface area contributed by atoms with Crippen molar-refractivity contribution in [3.05, 3.63) is 91.4 Å². The van der Waals surface area contributed by atoms with Crippen LogP contribution in [0.5, 0.6) is 0 Å². The minimum atomic E-state index is -0.865. The van der Waals surface area contributed by atoms with E-state index in [1.165, 1.54) is 33.4 Å². The van der Waals surface area contributed by atoms with E-state index in [1.54, 1.807) is 20.0 Å². The fourth-order valence-corrected chi connectivity index (χ4v) is 9.86. The van der Waals surface area contributed by atoms with E-state index < -0.39 is 23.2 Å². The summed E-state index contributed by atoms with van der Waals surface area (Å²) in [7, 11) is 0. The minimum Gasteiger partial charge on any atom is -1.00 e. The maximum atomic E-state index is 2.53. The number of fused-ring (bicyclic) bond motifs is 2. The molecule has 0 radical (unpaired) electrons. The van der Waals surface area contributed by atoms with Crippen LogP contribution < -0.4 is 24.8 Å². The molecular formula is C27H27Cl2NZr. The Bertz CT molecular complexity index is 1250. The molecule has 2 aliphatic carbocycles. The second kappa shape index (κ2) is 9.26. The SMILES string of the molecule is CC1=C(C)C(C)[C]([Zr+2][CH]2C(n3c(C)cc4ccccc43)=Cc3ccccc32)=C1C.[Cl-].[Cl-]. The van der Waals surface area contributed by atoms with Gasteiger partial charge in [0.15, 0.2) is 0 Å². The molecule has 3 aromatic rings. The normalized spacial score (nSPS) is 19.7. The summed E-state index contributed by atoms with van der Waals surface area (Å²) in [5, 5.41) is 1.34. The summed E-state index contributed by atoms with van der Waals surface area (Å²) in [6, 6.07) is 20.2. The van der Waals surface area contributed by atoms with E-state index >= 15 is 0 Å². The molecule has 2 aliphatic rings. The van der Waals surface area contributed by atoms with Gasteiger partial charge in [-0.1, -0.05) is 0 Å². The number of aromatic nitrogens is 1. The van der Waals surface area contributed by atoms with Gasteiger partial charge in [-0.05, 0) is 0 Å². The zero-order valence-corrected chi connectivity index (χ0v) is 22.6. The van der Waals surface area contributed by atoms with E-state index in [0.29, 0.717) is 9.54 Å². The smallest absolute Gasteiger partial charge is 1.00 e. The van der Waals surface area contributed by atoms with Crippen molar-refractivity contribution in [2.45, 2.75) is 38.2 Å². The molecule has 0 saturated heterocycles. The van der Waals surface area contributed by atoms with Gasteiger partial charge in [-0.2, -0.15) is 0 Å². The van der Waals surface area contributed by atoms with Crippen LogP contribution in [0.25, 0.3) is 22.7 Å². The van der Waals surface area contributed by atoms with Crippen LogP contribution >= 0.6 is 0 Å². The Balaban J connectivity index is 0.00000136. The van der Waals surface area contributed by atoms with E-state index in [0.717, 1.165) is 0 Å². The van der Waals surface area contributed by atoms with E-state index in [2.05, 4.69) is 99.9 Å². The number of hydrogen-bond acceptors (Lipinski definition) is 0. The third-order valence-electron chi connectivity index (χ3n) is 7.00. The van der Waals surface area contributed by atoms with Gasteiger partial charge in [0.05, 0.1) is 0 Å². The van der Waals surface area contributed by atoms with Crippen molar-refractivity contribution in [3.63, 3.8) is 0 Å². The Morgan fingerprint density at radius 2 is 1.52 bits per heavy atom. The standard InChI is InChI=1S/C18H14N.C9H13.2ClH.Zr/c1-13-10-16-8-4-5-9-18(16)19(13)17-11-14-6-2-3-7-15(14)12-17;1-6-5-7(2)9(4)8(6)3;;;/h2-12H,1H3;6H,1-4H3;2*1H;/q;;;;+2/p-2. The Labute approximate surface area is 209 Å². The van der Waals surface area contributed by atoms with Gasteiger partial charge in [-0.25, -0.2) is 0 Å². The molecule has 0 aliphatic heterocycles. The van der Waals surface area contributed by atoms with Crippen LogP contribution in [-0.2, 0) is 23.2 Å². The number of nitrogens with zero attached hydrogens (tertiary/aromatic N) is 1. The monoisotopic (exact) mass is 525 g/mol. The van der Waals surface area contributed by atoms with E-state index in [1.807, 2.05) is 0 Å². The van der Waals surface area contributed by atoms with Crippen LogP contribution in [0.3, 0.4) is 0 Å². The van der Waals surface area contributed by atoms with Gasteiger partial charge in [-0.3, -0.25) is 0 Å². The third-order valence-corrected chi connectivity index (χ3v) is 12.0. The van der Waals surface area contributed by atoms with E-state index in [4.69, 9.17) is 0 Å². The summed E-state index contributed by atoms with van der Waals surface area (Å²) in [5.41, 5.74) is 11.8. The Kier molecular flexibility index (Phi) is 7.26. The molecule has 31 heavy (non-hydrogen) atoms. The van der Waals surface area contributed by atoms with E-state index in [9.17, 15) is 0 Å². The summed E-state index contributed by atoms with van der Waals surface area (Å²) in [6.45, 7) is 11.7. The zero-order valence-electron chi connectivity index (χ0n) is 18.6. The number of aryl methyl sites for hydroxylation is 1. The summed E-state index contributed by atoms with van der Waals surface area (Å²) in [4.78, 5) is 0. The second-order valence-corrected chi connectivity index (χ2v) is 12.0. The Morgan fingerprint density at radius 1 is 0.839 bits per heavy atom. The third kappa shape index (κ3) is 3.86. The zero-order chi connectivity index (χ0) is 20.3. The molecule has 0 amide bonds. The minimum absolute atomic E-state index is 0. The van der Waals surface area contributed by atoms with Gasteiger partial charge >= 0.3 is 186 Å². The fraction of sp³-hybridized carbons (Fsp3) is 0.259. The van der Waals surface area contributed by atoms with Crippen molar-refractivity contribution in [1.29, 1.82) is 0 Å². The first-order valence-corrected chi connectivity index (χ1v) is 13.1. The summed E-state index contributed by atoms with van der Waals surface area (Å²) in [5.74, 6) is 0.623. The van der Waals surface area contributed by atoms with Crippen LogP contribution in [0, 0.1) is 12.8 Å². The number of halogens is 2. The molecule has 1 heterocycles. The van der Waals surface area contributed by atoms with Crippen molar-refractivity contribution in [1.82, 2.24) is 4.57 Å². The molecule has 1 aromatic heterocycles. The quantitative estimate of drug-likeness (QED) is 0.485. The van der Waals surface area contributed by atoms with Gasteiger partial charge < -0.3 is 24.8 Å². The predicted octanol–water partition coefficient (Wildman–Crippen LogP) is 1.35. The maximum Gasteiger partial charge on any atom is -1.00 e. The predicted molar refractivity (Wildman–Crippen MR) is 120 cm³/mol. The number of hydrogen-bond donors (Lipinski definition) is 0. The number of allylic oxidation sites excluding steroid dienone is 5. The molecule has 2 atom stereocenters. The number of benzene rings is 2. The van der Waals surface area contributed by atoms with Crippen LogP contribution in [0.2, 0.25) is 0 Å². The topological polar surface area (TPSA) is 4.93 Å². The second-order valence-electron chi connectivity index (χ2n) is 8.52. The van der Waals surface area contributed by atoms with Crippen LogP contribution in [0.15, 0.2) is 74.6 Å². The molecule has 2 unspecified atom stereocenters. The van der Waals surface area contributed by atoms with Crippen molar-refractivity contribution in [2.75, 3.05) is 0 Å². The molecular weight excluding hydrogens is 500 g/mol. The van der Waals surface area contributed by atoms with Crippen molar-refractivity contribution < 1.29 is 48.0 Å². The summed E-state index contributed by atoms with van der Waals surface area (Å²) in [6.07, 6.45) is 2.46. The van der Waals surface area contributed by atoms with Crippen LogP contribution in [-0.4, -0.2) is 4.57 Å². The van der Waals surface area contributed by atoms with Gasteiger partial charge in [0.1, 0.15) is 0 Å². The molecule has 0 fully saturated rings. The number of para-hydroxylation sites is 1. The van der Waals surface area contributed by atoms with E-state index in [-0.39, 0.29) is 24.8 Å². The fourth-order valence-electron chi connectivity index (χ4n) is 5.04. The molecule has 5 rings (SSSR count). The average molecular weight is 528 g/mol. The molecule has 0 spiro atoms. The first kappa shape index (κ1) is 24.3. The van der Waals surface area contributed by atoms with Gasteiger partial charge in [-0.15, -0.1) is 0 Å². The molecule has 0 bridgehead atoms. The Hall–Kier alpha value is -1.34. The molecule has 4 heteroatoms. The van der Waals surface area contributed by atoms with Crippen molar-refractivity contribution in [3.8, 4) is 0 Å². The summed E-state index contributed by atoms with van der Waals surface area (Å²) < 4.78 is 4.88. The number of rotatable bonds is 3. The molecule has 2 aromatic carbocycles. The van der Waals surface area contributed by atoms with Crippen LogP contribution in [0.1, 0.15) is 48.1 Å². The molecule has 1 nitrogen and oxygen atoms in total. The maximum absolute atomic E-state index is 2.53.